The van der Waals surface area contributed by atoms with Gasteiger partial charge in [-0.1, -0.05) is 18.2 Å². The molecule has 1 N–H and O–H groups in total. The third-order valence-corrected chi connectivity index (χ3v) is 7.00. The van der Waals surface area contributed by atoms with Gasteiger partial charge in [0.15, 0.2) is 0 Å². The van der Waals surface area contributed by atoms with Crippen molar-refractivity contribution in [3.63, 3.8) is 0 Å². The third-order valence-electron chi connectivity index (χ3n) is 5.36. The van der Waals surface area contributed by atoms with E-state index in [-0.39, 0.29) is 5.91 Å². The van der Waals surface area contributed by atoms with Crippen LogP contribution in [0, 0.1) is 27.7 Å². The van der Waals surface area contributed by atoms with Crippen LogP contribution >= 0.6 is 0 Å². The van der Waals surface area contributed by atoms with E-state index in [4.69, 9.17) is 0 Å². The smallest absolute Gasteiger partial charge is 0.262 e. The van der Waals surface area contributed by atoms with E-state index in [2.05, 4.69) is 4.72 Å². The van der Waals surface area contributed by atoms with Crippen molar-refractivity contribution in [3.05, 3.63) is 58.1 Å². The van der Waals surface area contributed by atoms with Gasteiger partial charge in [-0.05, 0) is 74.9 Å². The fourth-order valence-corrected chi connectivity index (χ4v) is 5.33. The van der Waals surface area contributed by atoms with Gasteiger partial charge in [0.1, 0.15) is 0 Å². The molecule has 0 spiro atoms. The van der Waals surface area contributed by atoms with E-state index in [0.717, 1.165) is 48.2 Å². The lowest BCUT2D eigenvalue weighted by molar-refractivity contribution is 0.0794. The SMILES string of the molecule is Cc1cc(C)c(C)c(S(=O)(=O)Nc2ccccc2C(=O)N2CCCC2)c1C. The molecule has 27 heavy (non-hydrogen) atoms. The predicted molar refractivity (Wildman–Crippen MR) is 108 cm³/mol. The molecule has 1 fully saturated rings. The number of anilines is 1. The lowest BCUT2D eigenvalue weighted by Gasteiger charge is -2.20. The minimum Gasteiger partial charge on any atom is -0.339 e. The average Bonchev–Trinajstić information content (AvgIpc) is 3.14. The lowest BCUT2D eigenvalue weighted by atomic mass is 10.0. The molecule has 2 aromatic rings. The fourth-order valence-electron chi connectivity index (χ4n) is 3.63. The van der Waals surface area contributed by atoms with E-state index in [0.29, 0.717) is 16.1 Å². The van der Waals surface area contributed by atoms with E-state index in [9.17, 15) is 13.2 Å². The predicted octanol–water partition coefficient (Wildman–Crippen LogP) is 3.96. The van der Waals surface area contributed by atoms with Gasteiger partial charge >= 0.3 is 0 Å². The number of likely N-dealkylation sites (tertiary alicyclic amines) is 1. The number of benzene rings is 2. The first-order valence-electron chi connectivity index (χ1n) is 9.21. The number of para-hydroxylation sites is 1. The Morgan fingerprint density at radius 2 is 1.52 bits per heavy atom. The first kappa shape index (κ1) is 19.4. The van der Waals surface area contributed by atoms with Gasteiger partial charge in [0.25, 0.3) is 15.9 Å². The quantitative estimate of drug-likeness (QED) is 0.865. The largest absolute Gasteiger partial charge is 0.339 e. The van der Waals surface area contributed by atoms with Gasteiger partial charge in [-0.2, -0.15) is 0 Å². The second-order valence-electron chi connectivity index (χ2n) is 7.24. The molecule has 1 aliphatic heterocycles. The summed E-state index contributed by atoms with van der Waals surface area (Å²) >= 11 is 0. The number of amides is 1. The fraction of sp³-hybridized carbons (Fsp3) is 0.381. The number of carbonyl (C=O) groups excluding carboxylic acids is 1. The average molecular weight is 387 g/mol. The molecule has 0 aliphatic carbocycles. The molecule has 0 atom stereocenters. The molecule has 0 radical (unpaired) electrons. The van der Waals surface area contributed by atoms with Crippen molar-refractivity contribution in [1.82, 2.24) is 4.90 Å². The molecule has 1 heterocycles. The van der Waals surface area contributed by atoms with Gasteiger partial charge in [0.05, 0.1) is 16.1 Å². The zero-order valence-corrected chi connectivity index (χ0v) is 17.1. The van der Waals surface area contributed by atoms with Crippen molar-refractivity contribution in [2.75, 3.05) is 17.8 Å². The minimum atomic E-state index is -3.82. The van der Waals surface area contributed by atoms with Gasteiger partial charge in [-0.25, -0.2) is 8.42 Å². The standard InChI is InChI=1S/C21H26N2O3S/c1-14-13-15(2)17(4)20(16(14)3)27(25,26)22-19-10-6-5-9-18(19)21(24)23-11-7-8-12-23/h5-6,9-10,13,22H,7-8,11-12H2,1-4H3. The summed E-state index contributed by atoms with van der Waals surface area (Å²) in [5.74, 6) is -0.125. The van der Waals surface area contributed by atoms with Gasteiger partial charge < -0.3 is 4.90 Å². The summed E-state index contributed by atoms with van der Waals surface area (Å²) in [5.41, 5.74) is 4.04. The molecule has 0 saturated carbocycles. The van der Waals surface area contributed by atoms with Crippen molar-refractivity contribution in [2.45, 2.75) is 45.4 Å². The van der Waals surface area contributed by atoms with E-state index in [1.807, 2.05) is 33.8 Å². The number of sulfonamides is 1. The van der Waals surface area contributed by atoms with Gasteiger partial charge in [0, 0.05) is 13.1 Å². The van der Waals surface area contributed by atoms with E-state index in [1.165, 1.54) is 0 Å². The van der Waals surface area contributed by atoms with Crippen molar-refractivity contribution < 1.29 is 13.2 Å². The third kappa shape index (κ3) is 3.72. The van der Waals surface area contributed by atoms with Crippen LogP contribution in [0.5, 0.6) is 0 Å². The number of nitrogens with one attached hydrogen (secondary N) is 1. The molecular formula is C21H26N2O3S. The number of carbonyl (C=O) groups is 1. The second-order valence-corrected chi connectivity index (χ2v) is 8.86. The van der Waals surface area contributed by atoms with Crippen molar-refractivity contribution in [3.8, 4) is 0 Å². The van der Waals surface area contributed by atoms with E-state index in [1.54, 1.807) is 29.2 Å². The summed E-state index contributed by atoms with van der Waals surface area (Å²) in [4.78, 5) is 14.9. The lowest BCUT2D eigenvalue weighted by Crippen LogP contribution is -2.29. The molecule has 0 aromatic heterocycles. The first-order chi connectivity index (χ1) is 12.7. The Hall–Kier alpha value is -2.34. The first-order valence-corrected chi connectivity index (χ1v) is 10.7. The summed E-state index contributed by atoms with van der Waals surface area (Å²) in [6.45, 7) is 8.89. The van der Waals surface area contributed by atoms with Crippen molar-refractivity contribution >= 4 is 21.6 Å². The molecule has 1 aliphatic rings. The Bertz CT molecular complexity index is 964. The van der Waals surface area contributed by atoms with Crippen LogP contribution in [0.4, 0.5) is 5.69 Å². The summed E-state index contributed by atoms with van der Waals surface area (Å²) in [6.07, 6.45) is 1.97. The Morgan fingerprint density at radius 1 is 0.963 bits per heavy atom. The molecule has 5 nitrogen and oxygen atoms in total. The Kier molecular flexibility index (Phi) is 5.29. The number of aryl methyl sites for hydroxylation is 2. The van der Waals surface area contributed by atoms with Gasteiger partial charge in [0.2, 0.25) is 0 Å². The van der Waals surface area contributed by atoms with Crippen LogP contribution in [-0.4, -0.2) is 32.3 Å². The second kappa shape index (κ2) is 7.35. The van der Waals surface area contributed by atoms with Crippen molar-refractivity contribution in [2.24, 2.45) is 0 Å². The van der Waals surface area contributed by atoms with Crippen LogP contribution in [0.2, 0.25) is 0 Å². The highest BCUT2D eigenvalue weighted by molar-refractivity contribution is 7.92. The summed E-state index contributed by atoms with van der Waals surface area (Å²) < 4.78 is 29.1. The zero-order valence-electron chi connectivity index (χ0n) is 16.3. The maximum absolute atomic E-state index is 13.2. The molecule has 3 rings (SSSR count). The molecule has 1 amide bonds. The van der Waals surface area contributed by atoms with Crippen LogP contribution in [0.25, 0.3) is 0 Å². The highest BCUT2D eigenvalue weighted by Gasteiger charge is 2.26. The minimum absolute atomic E-state index is 0.125. The summed E-state index contributed by atoms with van der Waals surface area (Å²) in [5, 5.41) is 0. The number of hydrogen-bond donors (Lipinski definition) is 1. The number of hydrogen-bond acceptors (Lipinski definition) is 3. The summed E-state index contributed by atoms with van der Waals surface area (Å²) in [7, 11) is -3.82. The topological polar surface area (TPSA) is 66.5 Å². The molecule has 1 saturated heterocycles. The van der Waals surface area contributed by atoms with Gasteiger partial charge in [-0.15, -0.1) is 0 Å². The maximum atomic E-state index is 13.2. The molecule has 144 valence electrons. The van der Waals surface area contributed by atoms with Crippen LogP contribution in [0.15, 0.2) is 35.2 Å². The summed E-state index contributed by atoms with van der Waals surface area (Å²) in [6, 6.07) is 8.82. The van der Waals surface area contributed by atoms with Crippen LogP contribution in [-0.2, 0) is 10.0 Å². The monoisotopic (exact) mass is 386 g/mol. The van der Waals surface area contributed by atoms with Crippen LogP contribution < -0.4 is 4.72 Å². The zero-order chi connectivity index (χ0) is 19.8. The Morgan fingerprint density at radius 3 is 2.11 bits per heavy atom. The highest BCUT2D eigenvalue weighted by atomic mass is 32.2. The van der Waals surface area contributed by atoms with Crippen LogP contribution in [0.3, 0.4) is 0 Å². The van der Waals surface area contributed by atoms with Crippen molar-refractivity contribution in [1.29, 1.82) is 0 Å². The molecule has 2 aromatic carbocycles. The van der Waals surface area contributed by atoms with E-state index >= 15 is 0 Å². The number of nitrogens with zero attached hydrogens (tertiary/aromatic N) is 1. The van der Waals surface area contributed by atoms with Gasteiger partial charge in [-0.3, -0.25) is 9.52 Å². The van der Waals surface area contributed by atoms with E-state index < -0.39 is 10.0 Å². The van der Waals surface area contributed by atoms with Crippen LogP contribution in [0.1, 0.15) is 45.5 Å². The molecule has 6 heteroatoms. The maximum Gasteiger partial charge on any atom is 0.262 e. The normalized spacial score (nSPS) is 14.4. The Labute approximate surface area is 161 Å². The number of rotatable bonds is 4. The molecule has 0 unspecified atom stereocenters. The molecule has 0 bridgehead atoms. The molecular weight excluding hydrogens is 360 g/mol. The Balaban J connectivity index is 2.02. The highest BCUT2D eigenvalue weighted by Crippen LogP contribution is 2.29.